The lowest BCUT2D eigenvalue weighted by molar-refractivity contribution is -0.141. The number of morpholine rings is 1. The van der Waals surface area contributed by atoms with E-state index in [2.05, 4.69) is 10.2 Å². The van der Waals surface area contributed by atoms with Crippen molar-refractivity contribution < 1.29 is 14.3 Å². The van der Waals surface area contributed by atoms with E-state index in [4.69, 9.17) is 4.74 Å². The Kier molecular flexibility index (Phi) is 5.30. The number of hydrogen-bond donors (Lipinski definition) is 1. The van der Waals surface area contributed by atoms with Gasteiger partial charge in [-0.1, -0.05) is 30.3 Å². The molecule has 0 radical (unpaired) electrons. The van der Waals surface area contributed by atoms with Crippen LogP contribution >= 0.6 is 0 Å². The Morgan fingerprint density at radius 3 is 2.36 bits per heavy atom. The van der Waals surface area contributed by atoms with E-state index >= 15 is 0 Å². The molecule has 6 heteroatoms. The molecule has 2 aliphatic heterocycles. The predicted octanol–water partition coefficient (Wildman–Crippen LogP) is 2.82. The molecule has 0 saturated carbocycles. The molecule has 2 heterocycles. The second-order valence-corrected chi connectivity index (χ2v) is 7.24. The fourth-order valence-corrected chi connectivity index (χ4v) is 3.84. The van der Waals surface area contributed by atoms with Crippen LogP contribution in [0.25, 0.3) is 0 Å². The lowest BCUT2D eigenvalue weighted by atomic mass is 10.1. The van der Waals surface area contributed by atoms with E-state index in [1.165, 1.54) is 4.90 Å². The molecule has 2 aromatic carbocycles. The zero-order valence-corrected chi connectivity index (χ0v) is 16.0. The first-order valence-corrected chi connectivity index (χ1v) is 9.73. The number of carbonyl (C=O) groups is 2. The topological polar surface area (TPSA) is 61.9 Å². The van der Waals surface area contributed by atoms with Gasteiger partial charge in [0.25, 0.3) is 5.91 Å². The first-order valence-electron chi connectivity index (χ1n) is 9.73. The van der Waals surface area contributed by atoms with Crippen LogP contribution in [0.4, 0.5) is 11.4 Å². The van der Waals surface area contributed by atoms with Gasteiger partial charge in [0.05, 0.1) is 25.7 Å². The lowest BCUT2D eigenvalue weighted by Crippen LogP contribution is -2.37. The third-order valence-electron chi connectivity index (χ3n) is 5.44. The van der Waals surface area contributed by atoms with Crippen molar-refractivity contribution in [2.45, 2.75) is 25.4 Å². The van der Waals surface area contributed by atoms with Crippen molar-refractivity contribution in [1.29, 1.82) is 0 Å². The minimum absolute atomic E-state index is 0.135. The van der Waals surface area contributed by atoms with E-state index < -0.39 is 6.04 Å². The van der Waals surface area contributed by atoms with Crippen LogP contribution in [0.15, 0.2) is 54.6 Å². The number of nitrogens with zero attached hydrogens (tertiary/aromatic N) is 2. The van der Waals surface area contributed by atoms with Crippen LogP contribution in [0.3, 0.4) is 0 Å². The highest BCUT2D eigenvalue weighted by atomic mass is 16.5. The molecule has 4 rings (SSSR count). The minimum atomic E-state index is -0.520. The molecule has 2 fully saturated rings. The van der Waals surface area contributed by atoms with E-state index in [1.54, 1.807) is 0 Å². The Labute approximate surface area is 165 Å². The highest BCUT2D eigenvalue weighted by Crippen LogP contribution is 2.28. The highest BCUT2D eigenvalue weighted by molar-refractivity contribution is 6.07. The van der Waals surface area contributed by atoms with E-state index in [-0.39, 0.29) is 24.3 Å². The highest BCUT2D eigenvalue weighted by Gasteiger charge is 2.41. The van der Waals surface area contributed by atoms with Gasteiger partial charge in [-0.15, -0.1) is 0 Å². The average Bonchev–Trinajstić information content (AvgIpc) is 3.02. The molecule has 0 bridgehead atoms. The molecule has 6 nitrogen and oxygen atoms in total. The van der Waals surface area contributed by atoms with Gasteiger partial charge in [0.2, 0.25) is 5.91 Å². The Morgan fingerprint density at radius 2 is 1.68 bits per heavy atom. The molecule has 28 heavy (non-hydrogen) atoms. The smallest absolute Gasteiger partial charge is 0.252 e. The van der Waals surface area contributed by atoms with Crippen LogP contribution in [0.2, 0.25) is 0 Å². The van der Waals surface area contributed by atoms with Gasteiger partial charge in [-0.05, 0) is 36.8 Å². The number of hydrogen-bond acceptors (Lipinski definition) is 5. The summed E-state index contributed by atoms with van der Waals surface area (Å²) in [5.74, 6) is -0.303. The summed E-state index contributed by atoms with van der Waals surface area (Å²) in [4.78, 5) is 29.0. The summed E-state index contributed by atoms with van der Waals surface area (Å²) < 4.78 is 5.39. The standard InChI is InChI=1S/C22H25N3O3/c1-16(17-5-3-2-4-6-17)25-21(26)15-20(22(25)27)23-18-7-9-19(10-8-18)24-11-13-28-14-12-24/h2-10,16,20,23H,11-15H2,1H3. The predicted molar refractivity (Wildman–Crippen MR) is 108 cm³/mol. The Balaban J connectivity index is 1.42. The molecule has 2 aliphatic rings. The number of amides is 2. The number of imide groups is 1. The van der Waals surface area contributed by atoms with Crippen LogP contribution in [0.5, 0.6) is 0 Å². The first-order chi connectivity index (χ1) is 13.6. The summed E-state index contributed by atoms with van der Waals surface area (Å²) in [6, 6.07) is 16.9. The van der Waals surface area contributed by atoms with Crippen LogP contribution in [0.1, 0.15) is 24.9 Å². The molecule has 2 aromatic rings. The summed E-state index contributed by atoms with van der Waals surface area (Å²) >= 11 is 0. The molecule has 0 spiro atoms. The molecule has 0 aromatic heterocycles. The molecule has 2 atom stereocenters. The van der Waals surface area contributed by atoms with Gasteiger partial charge in [0.15, 0.2) is 0 Å². The number of ether oxygens (including phenoxy) is 1. The van der Waals surface area contributed by atoms with Gasteiger partial charge in [-0.25, -0.2) is 0 Å². The van der Waals surface area contributed by atoms with E-state index in [0.29, 0.717) is 0 Å². The summed E-state index contributed by atoms with van der Waals surface area (Å²) in [5.41, 5.74) is 2.94. The fourth-order valence-electron chi connectivity index (χ4n) is 3.84. The molecular formula is C22H25N3O3. The van der Waals surface area contributed by atoms with E-state index in [9.17, 15) is 9.59 Å². The van der Waals surface area contributed by atoms with Gasteiger partial charge in [0.1, 0.15) is 6.04 Å². The lowest BCUT2D eigenvalue weighted by Gasteiger charge is -2.29. The Hall–Kier alpha value is -2.86. The summed E-state index contributed by atoms with van der Waals surface area (Å²) in [6.45, 7) is 5.15. The summed E-state index contributed by atoms with van der Waals surface area (Å²) in [5, 5.41) is 3.23. The third kappa shape index (κ3) is 3.73. The Bertz CT molecular complexity index is 832. The first kappa shape index (κ1) is 18.5. The van der Waals surface area contributed by atoms with Crippen molar-refractivity contribution in [3.8, 4) is 0 Å². The molecule has 1 N–H and O–H groups in total. The maximum Gasteiger partial charge on any atom is 0.252 e. The van der Waals surface area contributed by atoms with Crippen molar-refractivity contribution in [3.63, 3.8) is 0 Å². The maximum absolute atomic E-state index is 12.9. The van der Waals surface area contributed by atoms with Crippen LogP contribution < -0.4 is 10.2 Å². The van der Waals surface area contributed by atoms with Gasteiger partial charge in [0, 0.05) is 24.5 Å². The van der Waals surface area contributed by atoms with E-state index in [0.717, 1.165) is 43.2 Å². The quantitative estimate of drug-likeness (QED) is 0.810. The number of benzene rings is 2. The molecule has 2 saturated heterocycles. The number of likely N-dealkylation sites (tertiary alicyclic amines) is 1. The Morgan fingerprint density at radius 1 is 1.00 bits per heavy atom. The van der Waals surface area contributed by atoms with Crippen LogP contribution in [-0.4, -0.2) is 49.1 Å². The number of anilines is 2. The summed E-state index contributed by atoms with van der Waals surface area (Å²) in [7, 11) is 0. The van der Waals surface area contributed by atoms with Crippen LogP contribution in [-0.2, 0) is 14.3 Å². The fraction of sp³-hybridized carbons (Fsp3) is 0.364. The zero-order valence-electron chi connectivity index (χ0n) is 16.0. The number of rotatable bonds is 5. The molecule has 2 unspecified atom stereocenters. The molecule has 146 valence electrons. The van der Waals surface area contributed by atoms with Gasteiger partial charge >= 0.3 is 0 Å². The zero-order chi connectivity index (χ0) is 19.5. The second-order valence-electron chi connectivity index (χ2n) is 7.24. The van der Waals surface area contributed by atoms with Crippen molar-refractivity contribution in [3.05, 3.63) is 60.2 Å². The van der Waals surface area contributed by atoms with Gasteiger partial charge in [-0.3, -0.25) is 14.5 Å². The number of carbonyl (C=O) groups excluding carboxylic acids is 2. The second kappa shape index (κ2) is 8.02. The normalized spacial score (nSPS) is 21.1. The molecule has 2 amide bonds. The van der Waals surface area contributed by atoms with Crippen molar-refractivity contribution in [1.82, 2.24) is 4.90 Å². The molecule has 0 aliphatic carbocycles. The third-order valence-corrected chi connectivity index (χ3v) is 5.44. The van der Waals surface area contributed by atoms with E-state index in [1.807, 2.05) is 61.5 Å². The largest absolute Gasteiger partial charge is 0.378 e. The van der Waals surface area contributed by atoms with Crippen molar-refractivity contribution in [2.75, 3.05) is 36.5 Å². The summed E-state index contributed by atoms with van der Waals surface area (Å²) in [6.07, 6.45) is 0.182. The minimum Gasteiger partial charge on any atom is -0.378 e. The molecular weight excluding hydrogens is 354 g/mol. The monoisotopic (exact) mass is 379 g/mol. The van der Waals surface area contributed by atoms with Gasteiger partial charge in [-0.2, -0.15) is 0 Å². The van der Waals surface area contributed by atoms with Crippen LogP contribution in [0, 0.1) is 0 Å². The average molecular weight is 379 g/mol. The maximum atomic E-state index is 12.9. The van der Waals surface area contributed by atoms with Gasteiger partial charge < -0.3 is 15.0 Å². The number of nitrogens with one attached hydrogen (secondary N) is 1. The van der Waals surface area contributed by atoms with Crippen molar-refractivity contribution in [2.24, 2.45) is 0 Å². The SMILES string of the molecule is CC(c1ccccc1)N1C(=O)CC(Nc2ccc(N3CCOCC3)cc2)C1=O. The van der Waals surface area contributed by atoms with Crippen molar-refractivity contribution >= 4 is 23.2 Å².